The van der Waals surface area contributed by atoms with E-state index in [-0.39, 0.29) is 11.6 Å². The van der Waals surface area contributed by atoms with Gasteiger partial charge in [0.1, 0.15) is 5.75 Å². The fourth-order valence-corrected chi connectivity index (χ4v) is 4.61. The quantitative estimate of drug-likeness (QED) is 0.439. The SMILES string of the molecule is COc1cccc(CNC(=O)N2CCN(c3nc4ccccc4n(Cc4ccc(C)cc4)c3=O)CC2)c1. The molecule has 1 N–H and O–H groups in total. The van der Waals surface area contributed by atoms with Crippen LogP contribution in [0.15, 0.2) is 77.6 Å². The lowest BCUT2D eigenvalue weighted by Crippen LogP contribution is -2.53. The van der Waals surface area contributed by atoms with Gasteiger partial charge in [-0.05, 0) is 42.3 Å². The Labute approximate surface area is 216 Å². The summed E-state index contributed by atoms with van der Waals surface area (Å²) >= 11 is 0. The molecule has 0 atom stereocenters. The monoisotopic (exact) mass is 497 g/mol. The second-order valence-corrected chi connectivity index (χ2v) is 9.29. The van der Waals surface area contributed by atoms with Gasteiger partial charge in [0.15, 0.2) is 5.82 Å². The Balaban J connectivity index is 1.30. The van der Waals surface area contributed by atoms with E-state index in [0.29, 0.717) is 45.1 Å². The molecule has 190 valence electrons. The van der Waals surface area contributed by atoms with Gasteiger partial charge in [-0.15, -0.1) is 0 Å². The average Bonchev–Trinajstić information content (AvgIpc) is 2.94. The van der Waals surface area contributed by atoms with Gasteiger partial charge in [0.2, 0.25) is 0 Å². The van der Waals surface area contributed by atoms with Crippen molar-refractivity contribution in [1.82, 2.24) is 19.8 Å². The number of carbonyl (C=O) groups is 1. The van der Waals surface area contributed by atoms with Crippen LogP contribution in [0.1, 0.15) is 16.7 Å². The molecule has 8 heteroatoms. The molecule has 1 aliphatic rings. The third-order valence-corrected chi connectivity index (χ3v) is 6.74. The Bertz CT molecular complexity index is 1460. The first-order valence-corrected chi connectivity index (χ1v) is 12.5. The van der Waals surface area contributed by atoms with Gasteiger partial charge in [0.25, 0.3) is 5.56 Å². The Hall–Kier alpha value is -4.33. The summed E-state index contributed by atoms with van der Waals surface area (Å²) in [6.45, 7) is 5.05. The van der Waals surface area contributed by atoms with E-state index in [9.17, 15) is 9.59 Å². The Morgan fingerprint density at radius 2 is 1.70 bits per heavy atom. The smallest absolute Gasteiger partial charge is 0.317 e. The summed E-state index contributed by atoms with van der Waals surface area (Å²) in [4.78, 5) is 34.9. The zero-order valence-corrected chi connectivity index (χ0v) is 21.2. The van der Waals surface area contributed by atoms with E-state index in [0.717, 1.165) is 27.9 Å². The molecule has 2 amide bonds. The zero-order valence-electron chi connectivity index (χ0n) is 21.2. The first-order chi connectivity index (χ1) is 18.0. The van der Waals surface area contributed by atoms with Crippen LogP contribution in [0.2, 0.25) is 0 Å². The van der Waals surface area contributed by atoms with Gasteiger partial charge in [-0.1, -0.05) is 54.1 Å². The van der Waals surface area contributed by atoms with Crippen molar-refractivity contribution in [1.29, 1.82) is 0 Å². The van der Waals surface area contributed by atoms with Gasteiger partial charge in [0.05, 0.1) is 24.7 Å². The van der Waals surface area contributed by atoms with Crippen molar-refractivity contribution >= 4 is 22.9 Å². The standard InChI is InChI=1S/C29H31N5O3/c1-21-10-12-22(13-11-21)20-34-26-9-4-3-8-25(26)31-27(28(34)35)32-14-16-33(17-15-32)29(36)30-19-23-6-5-7-24(18-23)37-2/h3-13,18H,14-17,19-20H2,1-2H3,(H,30,36). The van der Waals surface area contributed by atoms with Crippen molar-refractivity contribution in [3.63, 3.8) is 0 Å². The normalized spacial score (nSPS) is 13.6. The lowest BCUT2D eigenvalue weighted by molar-refractivity contribution is 0.193. The molecule has 1 fully saturated rings. The molecule has 0 radical (unpaired) electrons. The van der Waals surface area contributed by atoms with Crippen molar-refractivity contribution < 1.29 is 9.53 Å². The summed E-state index contributed by atoms with van der Waals surface area (Å²) in [5.41, 5.74) is 4.69. The molecular weight excluding hydrogens is 466 g/mol. The minimum atomic E-state index is -0.120. The van der Waals surface area contributed by atoms with Crippen LogP contribution in [0.5, 0.6) is 5.75 Å². The second-order valence-electron chi connectivity index (χ2n) is 9.29. The van der Waals surface area contributed by atoms with E-state index in [4.69, 9.17) is 9.72 Å². The summed E-state index contributed by atoms with van der Waals surface area (Å²) < 4.78 is 7.05. The topological polar surface area (TPSA) is 79.7 Å². The number of aromatic nitrogens is 2. The predicted octanol–water partition coefficient (Wildman–Crippen LogP) is 3.79. The first-order valence-electron chi connectivity index (χ1n) is 12.5. The molecular formula is C29H31N5O3. The van der Waals surface area contributed by atoms with Crippen LogP contribution in [0.4, 0.5) is 10.6 Å². The number of rotatable bonds is 6. The maximum absolute atomic E-state index is 13.6. The maximum Gasteiger partial charge on any atom is 0.317 e. The molecule has 0 bridgehead atoms. The van der Waals surface area contributed by atoms with Crippen molar-refractivity contribution in [2.24, 2.45) is 0 Å². The third-order valence-electron chi connectivity index (χ3n) is 6.74. The van der Waals surface area contributed by atoms with Crippen LogP contribution in [-0.4, -0.2) is 53.8 Å². The largest absolute Gasteiger partial charge is 0.497 e. The Morgan fingerprint density at radius 1 is 0.946 bits per heavy atom. The highest BCUT2D eigenvalue weighted by molar-refractivity contribution is 5.77. The summed E-state index contributed by atoms with van der Waals surface area (Å²) in [6.07, 6.45) is 0. The molecule has 8 nitrogen and oxygen atoms in total. The van der Waals surface area contributed by atoms with E-state index >= 15 is 0 Å². The van der Waals surface area contributed by atoms with E-state index < -0.39 is 0 Å². The van der Waals surface area contributed by atoms with E-state index in [1.807, 2.05) is 53.4 Å². The second kappa shape index (κ2) is 10.7. The van der Waals surface area contributed by atoms with Crippen molar-refractivity contribution in [3.8, 4) is 5.75 Å². The Morgan fingerprint density at radius 3 is 2.46 bits per heavy atom. The number of ether oxygens (including phenoxy) is 1. The molecule has 37 heavy (non-hydrogen) atoms. The number of urea groups is 1. The molecule has 0 spiro atoms. The molecule has 0 unspecified atom stereocenters. The molecule has 1 aromatic heterocycles. The van der Waals surface area contributed by atoms with Crippen LogP contribution >= 0.6 is 0 Å². The molecule has 0 aliphatic carbocycles. The van der Waals surface area contributed by atoms with Gasteiger partial charge < -0.3 is 19.9 Å². The number of benzene rings is 3. The molecule has 5 rings (SSSR count). The summed E-state index contributed by atoms with van der Waals surface area (Å²) in [7, 11) is 1.62. The van der Waals surface area contributed by atoms with Crippen LogP contribution in [-0.2, 0) is 13.1 Å². The van der Waals surface area contributed by atoms with E-state index in [1.165, 1.54) is 5.56 Å². The van der Waals surface area contributed by atoms with Crippen LogP contribution in [0.25, 0.3) is 11.0 Å². The summed E-state index contributed by atoms with van der Waals surface area (Å²) in [5.74, 6) is 1.19. The zero-order chi connectivity index (χ0) is 25.8. The number of carbonyl (C=O) groups excluding carboxylic acids is 1. The number of methoxy groups -OCH3 is 1. The minimum Gasteiger partial charge on any atom is -0.497 e. The number of hydrogen-bond acceptors (Lipinski definition) is 5. The number of piperazine rings is 1. The highest BCUT2D eigenvalue weighted by atomic mass is 16.5. The van der Waals surface area contributed by atoms with Crippen molar-refractivity contribution in [2.45, 2.75) is 20.0 Å². The number of nitrogens with one attached hydrogen (secondary N) is 1. The number of fused-ring (bicyclic) bond motifs is 1. The molecule has 1 aliphatic heterocycles. The number of anilines is 1. The number of para-hydroxylation sites is 2. The summed E-state index contributed by atoms with van der Waals surface area (Å²) in [6, 6.07) is 23.5. The van der Waals surface area contributed by atoms with Crippen molar-refractivity contribution in [2.75, 3.05) is 38.2 Å². The number of nitrogens with zero attached hydrogens (tertiary/aromatic N) is 4. The van der Waals surface area contributed by atoms with Gasteiger partial charge >= 0.3 is 6.03 Å². The lowest BCUT2D eigenvalue weighted by atomic mass is 10.1. The van der Waals surface area contributed by atoms with E-state index in [1.54, 1.807) is 16.6 Å². The molecule has 4 aromatic rings. The molecule has 3 aromatic carbocycles. The van der Waals surface area contributed by atoms with Gasteiger partial charge in [-0.2, -0.15) is 0 Å². The maximum atomic E-state index is 13.6. The third kappa shape index (κ3) is 5.43. The van der Waals surface area contributed by atoms with Gasteiger partial charge in [0, 0.05) is 32.7 Å². The lowest BCUT2D eigenvalue weighted by Gasteiger charge is -2.35. The fourth-order valence-electron chi connectivity index (χ4n) is 4.61. The van der Waals surface area contributed by atoms with Crippen molar-refractivity contribution in [3.05, 3.63) is 99.8 Å². The van der Waals surface area contributed by atoms with Gasteiger partial charge in [-0.3, -0.25) is 9.36 Å². The average molecular weight is 498 g/mol. The number of amides is 2. The van der Waals surface area contributed by atoms with Crippen LogP contribution < -0.4 is 20.5 Å². The summed E-state index contributed by atoms with van der Waals surface area (Å²) in [5, 5.41) is 2.98. The van der Waals surface area contributed by atoms with E-state index in [2.05, 4.69) is 36.5 Å². The highest BCUT2D eigenvalue weighted by Crippen LogP contribution is 2.18. The Kier molecular flexibility index (Phi) is 7.07. The highest BCUT2D eigenvalue weighted by Gasteiger charge is 2.25. The predicted molar refractivity (Wildman–Crippen MR) is 145 cm³/mol. The fraction of sp³-hybridized carbons (Fsp3) is 0.276. The van der Waals surface area contributed by atoms with Crippen LogP contribution in [0.3, 0.4) is 0 Å². The number of aryl methyl sites for hydroxylation is 1. The molecule has 0 saturated carbocycles. The van der Waals surface area contributed by atoms with Gasteiger partial charge in [-0.25, -0.2) is 9.78 Å². The molecule has 2 heterocycles. The van der Waals surface area contributed by atoms with Crippen LogP contribution in [0, 0.1) is 6.92 Å². The minimum absolute atomic E-state index is 0.116. The first kappa shape index (κ1) is 24.4. The number of hydrogen-bond donors (Lipinski definition) is 1. The molecule has 1 saturated heterocycles.